The summed E-state index contributed by atoms with van der Waals surface area (Å²) in [6.07, 6.45) is 0. The molecule has 9 nitrogen and oxygen atoms in total. The van der Waals surface area contributed by atoms with Gasteiger partial charge in [-0.15, -0.1) is 0 Å². The molecule has 0 saturated carbocycles. The van der Waals surface area contributed by atoms with Crippen LogP contribution in [0.25, 0.3) is 16.1 Å². The zero-order valence-electron chi connectivity index (χ0n) is 17.1. The van der Waals surface area contributed by atoms with Gasteiger partial charge in [0.05, 0.1) is 37.0 Å². The number of nitrogens with two attached hydrogens (primary N) is 1. The normalized spacial score (nSPS) is 15.0. The number of aromatic nitrogens is 2. The van der Waals surface area contributed by atoms with Gasteiger partial charge in [0.25, 0.3) is 5.91 Å². The molecular formula is C22H18ClFN6O3. The standard InChI is InChI=1S/C22H18ClFN6O3/c1-26-17-6-5-14(8-16(17)24)27-22(33)29-9-15(11-31)30-18(10-29)19(21(25)32)20(28-30)12-3-2-4-13(23)7-12/h2-8,15,31H,9-11H2,(H2,25,32)(H,27,33). The first-order valence-corrected chi connectivity index (χ1v) is 10.2. The number of nitrogens with zero attached hydrogens (tertiary/aromatic N) is 4. The van der Waals surface area contributed by atoms with Gasteiger partial charge in [0.1, 0.15) is 11.5 Å². The molecule has 1 aromatic heterocycles. The first-order valence-electron chi connectivity index (χ1n) is 9.83. The van der Waals surface area contributed by atoms with E-state index < -0.39 is 23.8 Å². The van der Waals surface area contributed by atoms with Gasteiger partial charge in [-0.2, -0.15) is 5.10 Å². The molecule has 0 fully saturated rings. The van der Waals surface area contributed by atoms with E-state index >= 15 is 0 Å². The fraction of sp³-hybridized carbons (Fsp3) is 0.182. The number of benzene rings is 2. The number of hydrogen-bond acceptors (Lipinski definition) is 4. The molecule has 1 aliphatic rings. The molecule has 0 aliphatic carbocycles. The zero-order chi connectivity index (χ0) is 23.7. The van der Waals surface area contributed by atoms with Crippen molar-refractivity contribution in [2.45, 2.75) is 12.6 Å². The molecule has 2 heterocycles. The number of amides is 3. The molecule has 2 aromatic carbocycles. The Bertz CT molecular complexity index is 1300. The van der Waals surface area contributed by atoms with Crippen LogP contribution in [0.15, 0.2) is 42.5 Å². The minimum Gasteiger partial charge on any atom is -0.394 e. The van der Waals surface area contributed by atoms with E-state index in [9.17, 15) is 19.1 Å². The molecule has 168 valence electrons. The highest BCUT2D eigenvalue weighted by Crippen LogP contribution is 2.32. The van der Waals surface area contributed by atoms with Crippen molar-refractivity contribution in [1.29, 1.82) is 0 Å². The zero-order valence-corrected chi connectivity index (χ0v) is 17.9. The van der Waals surface area contributed by atoms with Crippen molar-refractivity contribution in [3.05, 3.63) is 76.0 Å². The topological polar surface area (TPSA) is 118 Å². The van der Waals surface area contributed by atoms with Crippen LogP contribution in [0.2, 0.25) is 5.02 Å². The highest BCUT2D eigenvalue weighted by atomic mass is 35.5. The van der Waals surface area contributed by atoms with Crippen molar-refractivity contribution in [1.82, 2.24) is 14.7 Å². The number of aliphatic hydroxyl groups excluding tert-OH is 1. The van der Waals surface area contributed by atoms with Crippen LogP contribution in [-0.2, 0) is 6.54 Å². The molecule has 1 unspecified atom stereocenters. The Morgan fingerprint density at radius 3 is 2.76 bits per heavy atom. The maximum Gasteiger partial charge on any atom is 0.322 e. The number of halogens is 2. The Morgan fingerprint density at radius 1 is 1.33 bits per heavy atom. The Labute approximate surface area is 193 Å². The first-order chi connectivity index (χ1) is 15.8. The number of carbonyl (C=O) groups is 2. The summed E-state index contributed by atoms with van der Waals surface area (Å²) in [7, 11) is 0. The van der Waals surface area contributed by atoms with Gasteiger partial charge in [-0.3, -0.25) is 9.48 Å². The third-order valence-electron chi connectivity index (χ3n) is 5.29. The Hall–Kier alpha value is -3.94. The number of primary amides is 1. The van der Waals surface area contributed by atoms with Crippen molar-refractivity contribution in [3.63, 3.8) is 0 Å². The first kappa shape index (κ1) is 22.3. The van der Waals surface area contributed by atoms with Crippen molar-refractivity contribution in [2.75, 3.05) is 18.5 Å². The maximum atomic E-state index is 13.9. The van der Waals surface area contributed by atoms with Gasteiger partial charge in [0.15, 0.2) is 0 Å². The van der Waals surface area contributed by atoms with Gasteiger partial charge in [-0.05, 0) is 24.3 Å². The van der Waals surface area contributed by atoms with Crippen LogP contribution in [0.3, 0.4) is 0 Å². The lowest BCUT2D eigenvalue weighted by atomic mass is 10.0. The second-order valence-corrected chi connectivity index (χ2v) is 7.85. The molecule has 0 bridgehead atoms. The molecule has 3 aromatic rings. The van der Waals surface area contributed by atoms with Gasteiger partial charge in [0.2, 0.25) is 5.69 Å². The minimum absolute atomic E-state index is 0.0171. The van der Waals surface area contributed by atoms with E-state index in [0.29, 0.717) is 22.0 Å². The number of carbonyl (C=O) groups excluding carboxylic acids is 2. The van der Waals surface area contributed by atoms with Crippen molar-refractivity contribution < 1.29 is 19.1 Å². The Kier molecular flexibility index (Phi) is 6.00. The van der Waals surface area contributed by atoms with Crippen LogP contribution >= 0.6 is 11.6 Å². The number of rotatable bonds is 4. The molecule has 4 N–H and O–H groups in total. The van der Waals surface area contributed by atoms with E-state index in [-0.39, 0.29) is 36.6 Å². The smallest absolute Gasteiger partial charge is 0.322 e. The average Bonchev–Trinajstić information content (AvgIpc) is 3.18. The van der Waals surface area contributed by atoms with E-state index in [2.05, 4.69) is 15.3 Å². The average molecular weight is 469 g/mol. The summed E-state index contributed by atoms with van der Waals surface area (Å²) in [5.74, 6) is -1.49. The second kappa shape index (κ2) is 8.90. The quantitative estimate of drug-likeness (QED) is 0.507. The molecule has 11 heteroatoms. The van der Waals surface area contributed by atoms with Crippen LogP contribution in [0.5, 0.6) is 0 Å². The largest absolute Gasteiger partial charge is 0.394 e. The van der Waals surface area contributed by atoms with E-state index in [0.717, 1.165) is 6.07 Å². The molecule has 1 atom stereocenters. The third kappa shape index (κ3) is 4.24. The summed E-state index contributed by atoms with van der Waals surface area (Å²) in [4.78, 5) is 29.7. The van der Waals surface area contributed by atoms with Gasteiger partial charge in [-0.25, -0.2) is 14.0 Å². The Balaban J connectivity index is 1.68. The molecule has 33 heavy (non-hydrogen) atoms. The van der Waals surface area contributed by atoms with E-state index in [4.69, 9.17) is 23.9 Å². The number of urea groups is 1. The number of nitrogens with one attached hydrogen (secondary N) is 1. The van der Waals surface area contributed by atoms with E-state index in [1.807, 2.05) is 0 Å². The molecule has 0 saturated heterocycles. The summed E-state index contributed by atoms with van der Waals surface area (Å²) < 4.78 is 15.4. The van der Waals surface area contributed by atoms with Crippen LogP contribution in [-0.4, -0.2) is 44.9 Å². The predicted molar refractivity (Wildman–Crippen MR) is 119 cm³/mol. The lowest BCUT2D eigenvalue weighted by molar-refractivity contribution is 0.0993. The van der Waals surface area contributed by atoms with Crippen LogP contribution in [0.1, 0.15) is 22.1 Å². The summed E-state index contributed by atoms with van der Waals surface area (Å²) in [5.41, 5.74) is 7.04. The number of fused-ring (bicyclic) bond motifs is 1. The van der Waals surface area contributed by atoms with Gasteiger partial charge >= 0.3 is 6.03 Å². The lowest BCUT2D eigenvalue weighted by Gasteiger charge is -2.33. The molecular weight excluding hydrogens is 451 g/mol. The lowest BCUT2D eigenvalue weighted by Crippen LogP contribution is -2.44. The van der Waals surface area contributed by atoms with Crippen LogP contribution in [0, 0.1) is 12.4 Å². The second-order valence-electron chi connectivity index (χ2n) is 7.41. The Morgan fingerprint density at radius 2 is 2.12 bits per heavy atom. The molecule has 4 rings (SSSR count). The molecule has 1 aliphatic heterocycles. The van der Waals surface area contributed by atoms with Crippen LogP contribution in [0.4, 0.5) is 20.6 Å². The highest BCUT2D eigenvalue weighted by Gasteiger charge is 2.34. The predicted octanol–water partition coefficient (Wildman–Crippen LogP) is 3.57. The number of anilines is 1. The highest BCUT2D eigenvalue weighted by molar-refractivity contribution is 6.30. The summed E-state index contributed by atoms with van der Waals surface area (Å²) in [6, 6.07) is 9.29. The van der Waals surface area contributed by atoms with E-state index in [1.54, 1.807) is 24.3 Å². The summed E-state index contributed by atoms with van der Waals surface area (Å²) in [6.45, 7) is 6.64. The fourth-order valence-electron chi connectivity index (χ4n) is 3.76. The summed E-state index contributed by atoms with van der Waals surface area (Å²) >= 11 is 6.09. The van der Waals surface area contributed by atoms with Crippen LogP contribution < -0.4 is 11.1 Å². The number of hydrogen-bond donors (Lipinski definition) is 3. The van der Waals surface area contributed by atoms with Crippen molar-refractivity contribution >= 4 is 34.9 Å². The molecule has 3 amide bonds. The minimum atomic E-state index is -0.755. The van der Waals surface area contributed by atoms with Crippen molar-refractivity contribution in [2.24, 2.45) is 5.73 Å². The SMILES string of the molecule is [C-]#[N+]c1ccc(NC(=O)N2Cc3c(C(N)=O)c(-c4cccc(Cl)c4)nn3C(CO)C2)cc1F. The third-order valence-corrected chi connectivity index (χ3v) is 5.52. The van der Waals surface area contributed by atoms with E-state index in [1.165, 1.54) is 21.7 Å². The fourth-order valence-corrected chi connectivity index (χ4v) is 3.95. The molecule has 0 radical (unpaired) electrons. The monoisotopic (exact) mass is 468 g/mol. The molecule has 0 spiro atoms. The van der Waals surface area contributed by atoms with Crippen molar-refractivity contribution in [3.8, 4) is 11.3 Å². The van der Waals surface area contributed by atoms with Gasteiger partial charge in [0, 0.05) is 22.8 Å². The van der Waals surface area contributed by atoms with Gasteiger partial charge < -0.3 is 21.1 Å². The summed E-state index contributed by atoms with van der Waals surface area (Å²) in [5, 5.41) is 17.5. The van der Waals surface area contributed by atoms with Gasteiger partial charge in [-0.1, -0.05) is 29.8 Å². The number of aliphatic hydroxyl groups is 1. The maximum absolute atomic E-state index is 13.9.